The summed E-state index contributed by atoms with van der Waals surface area (Å²) in [5, 5.41) is 5.90. The summed E-state index contributed by atoms with van der Waals surface area (Å²) in [6.45, 7) is 6.30. The first kappa shape index (κ1) is 35.4. The molecule has 4 atom stereocenters. The predicted octanol–water partition coefficient (Wildman–Crippen LogP) is 5.15. The zero-order valence-electron chi connectivity index (χ0n) is 29.4. The normalized spacial score (nSPS) is 26.2. The highest BCUT2D eigenvalue weighted by Crippen LogP contribution is 2.46. The average Bonchev–Trinajstić information content (AvgIpc) is 3.97. The molecule has 0 bridgehead atoms. The van der Waals surface area contributed by atoms with Crippen LogP contribution in [0.3, 0.4) is 0 Å². The number of aryl methyl sites for hydroxylation is 1. The highest BCUT2D eigenvalue weighted by molar-refractivity contribution is 7.91. The number of rotatable bonds is 8. The molecular formula is C37H45N5O7S2. The summed E-state index contributed by atoms with van der Waals surface area (Å²) in [4.78, 5) is 52.8. The van der Waals surface area contributed by atoms with Crippen molar-refractivity contribution in [3.05, 3.63) is 47.0 Å². The van der Waals surface area contributed by atoms with Crippen molar-refractivity contribution in [2.45, 2.75) is 107 Å². The van der Waals surface area contributed by atoms with Gasteiger partial charge < -0.3 is 19.7 Å². The molecule has 7 rings (SSSR count). The monoisotopic (exact) mass is 735 g/mol. The molecule has 3 amide bonds. The second kappa shape index (κ2) is 13.8. The maximum absolute atomic E-state index is 14.1. The summed E-state index contributed by atoms with van der Waals surface area (Å²) in [6, 6.07) is 4.74. The highest BCUT2D eigenvalue weighted by atomic mass is 32.2. The van der Waals surface area contributed by atoms with Gasteiger partial charge in [-0.25, -0.2) is 18.4 Å². The van der Waals surface area contributed by atoms with Crippen molar-refractivity contribution in [1.29, 1.82) is 0 Å². The van der Waals surface area contributed by atoms with Gasteiger partial charge in [0.1, 0.15) is 39.9 Å². The van der Waals surface area contributed by atoms with Crippen LogP contribution in [0.1, 0.15) is 88.8 Å². The largest absolute Gasteiger partial charge is 0.496 e. The van der Waals surface area contributed by atoms with E-state index in [1.165, 1.54) is 11.3 Å². The number of pyridine rings is 1. The minimum Gasteiger partial charge on any atom is -0.496 e. The molecule has 4 aliphatic rings. The van der Waals surface area contributed by atoms with E-state index in [0.717, 1.165) is 40.9 Å². The number of hydrogen-bond donors (Lipinski definition) is 2. The maximum Gasteiger partial charge on any atom is 0.259 e. The number of methoxy groups -OCH3 is 1. The number of sulfonamides is 1. The van der Waals surface area contributed by atoms with Gasteiger partial charge in [-0.3, -0.25) is 19.1 Å². The smallest absolute Gasteiger partial charge is 0.259 e. The predicted molar refractivity (Wildman–Crippen MR) is 194 cm³/mol. The number of hydrogen-bond acceptors (Lipinski definition) is 10. The summed E-state index contributed by atoms with van der Waals surface area (Å²) in [6.07, 6.45) is 8.34. The SMILES string of the molecule is COc1ccc2c(O[C@@H]3C[C@H]4C(=O)N[C@]5(C(=O)NS(=O)(=O)C6CC6)C[C@H]5/C=C\CCCCCC(=O)N4C3)cc(-c3nc(C(C)C)cs3)nc2c1C. The minimum atomic E-state index is -3.82. The molecule has 3 aromatic rings. The zero-order chi connectivity index (χ0) is 36.1. The molecule has 2 aliphatic carbocycles. The summed E-state index contributed by atoms with van der Waals surface area (Å²) >= 11 is 1.51. The summed E-state index contributed by atoms with van der Waals surface area (Å²) in [5.41, 5.74) is 1.78. The summed E-state index contributed by atoms with van der Waals surface area (Å²) in [5.74, 6) is -0.217. The minimum absolute atomic E-state index is 0.152. The van der Waals surface area contributed by atoms with Crippen molar-refractivity contribution in [3.63, 3.8) is 0 Å². The van der Waals surface area contributed by atoms with Crippen LogP contribution in [-0.2, 0) is 24.4 Å². The van der Waals surface area contributed by atoms with E-state index in [9.17, 15) is 22.8 Å². The van der Waals surface area contributed by atoms with E-state index in [-0.39, 0.29) is 43.6 Å². The molecule has 14 heteroatoms. The van der Waals surface area contributed by atoms with Crippen LogP contribution in [0.25, 0.3) is 21.6 Å². The number of amides is 3. The summed E-state index contributed by atoms with van der Waals surface area (Å²) in [7, 11) is -2.21. The number of allylic oxidation sites excluding steroid dienone is 1. The Morgan fingerprint density at radius 1 is 1.14 bits per heavy atom. The molecule has 2 saturated carbocycles. The number of carbonyl (C=O) groups excluding carboxylic acids is 3. The van der Waals surface area contributed by atoms with E-state index >= 15 is 0 Å². The van der Waals surface area contributed by atoms with Gasteiger partial charge in [0.15, 0.2) is 0 Å². The van der Waals surface area contributed by atoms with E-state index in [2.05, 4.69) is 23.9 Å². The van der Waals surface area contributed by atoms with Crippen LogP contribution in [0.4, 0.5) is 0 Å². The van der Waals surface area contributed by atoms with Crippen LogP contribution in [0.2, 0.25) is 0 Å². The Bertz CT molecular complexity index is 2010. The summed E-state index contributed by atoms with van der Waals surface area (Å²) < 4.78 is 40.1. The fraction of sp³-hybridized carbons (Fsp3) is 0.541. The third-order valence-corrected chi connectivity index (χ3v) is 13.2. The van der Waals surface area contributed by atoms with Gasteiger partial charge in [0.25, 0.3) is 5.91 Å². The number of benzene rings is 1. The van der Waals surface area contributed by atoms with Gasteiger partial charge in [-0.1, -0.05) is 32.4 Å². The molecule has 12 nitrogen and oxygen atoms in total. The van der Waals surface area contributed by atoms with Crippen LogP contribution >= 0.6 is 11.3 Å². The lowest BCUT2D eigenvalue weighted by Crippen LogP contribution is -2.56. The quantitative estimate of drug-likeness (QED) is 0.299. The van der Waals surface area contributed by atoms with Gasteiger partial charge in [0.2, 0.25) is 21.8 Å². The third kappa shape index (κ3) is 7.09. The van der Waals surface area contributed by atoms with Crippen molar-refractivity contribution < 1.29 is 32.3 Å². The van der Waals surface area contributed by atoms with E-state index in [1.807, 2.05) is 42.7 Å². The first-order valence-corrected chi connectivity index (χ1v) is 20.3. The Morgan fingerprint density at radius 2 is 1.94 bits per heavy atom. The maximum atomic E-state index is 14.1. The van der Waals surface area contributed by atoms with Crippen LogP contribution in [0, 0.1) is 12.8 Å². The zero-order valence-corrected chi connectivity index (χ0v) is 31.1. The molecular weight excluding hydrogens is 691 g/mol. The Labute approximate surface area is 302 Å². The van der Waals surface area contributed by atoms with Crippen molar-refractivity contribution in [2.75, 3.05) is 13.7 Å². The fourth-order valence-corrected chi connectivity index (χ4v) is 9.45. The Morgan fingerprint density at radius 3 is 2.67 bits per heavy atom. The lowest BCUT2D eigenvalue weighted by molar-refractivity contribution is -0.139. The Balaban J connectivity index is 1.19. The van der Waals surface area contributed by atoms with E-state index in [0.29, 0.717) is 42.0 Å². The van der Waals surface area contributed by atoms with E-state index < -0.39 is 44.8 Å². The molecule has 0 unspecified atom stereocenters. The van der Waals surface area contributed by atoms with Gasteiger partial charge in [-0.15, -0.1) is 11.3 Å². The van der Waals surface area contributed by atoms with Gasteiger partial charge in [0.05, 0.1) is 30.1 Å². The number of carbonyl (C=O) groups is 3. The first-order valence-electron chi connectivity index (χ1n) is 17.8. The molecule has 0 spiro atoms. The van der Waals surface area contributed by atoms with Crippen molar-refractivity contribution in [2.24, 2.45) is 5.92 Å². The van der Waals surface area contributed by atoms with Gasteiger partial charge in [-0.2, -0.15) is 0 Å². The van der Waals surface area contributed by atoms with Crippen LogP contribution in [0.5, 0.6) is 11.5 Å². The van der Waals surface area contributed by atoms with Gasteiger partial charge >= 0.3 is 0 Å². The molecule has 0 radical (unpaired) electrons. The molecule has 1 aromatic carbocycles. The molecule has 2 aliphatic heterocycles. The highest BCUT2D eigenvalue weighted by Gasteiger charge is 2.62. The molecule has 3 fully saturated rings. The first-order chi connectivity index (χ1) is 24.4. The topological polar surface area (TPSA) is 157 Å². The molecule has 51 heavy (non-hydrogen) atoms. The van der Waals surface area contributed by atoms with Crippen LogP contribution in [-0.4, -0.2) is 77.6 Å². The van der Waals surface area contributed by atoms with Crippen molar-refractivity contribution in [1.82, 2.24) is 24.9 Å². The van der Waals surface area contributed by atoms with E-state index in [4.69, 9.17) is 19.4 Å². The Kier molecular flexibility index (Phi) is 9.59. The fourth-order valence-electron chi connectivity index (χ4n) is 7.15. The number of aromatic nitrogens is 2. The van der Waals surface area contributed by atoms with Gasteiger partial charge in [0, 0.05) is 41.2 Å². The van der Waals surface area contributed by atoms with Crippen molar-refractivity contribution in [3.8, 4) is 22.2 Å². The van der Waals surface area contributed by atoms with Crippen LogP contribution in [0.15, 0.2) is 35.7 Å². The lowest BCUT2D eigenvalue weighted by atomic mass is 10.1. The number of ether oxygens (including phenoxy) is 2. The average molecular weight is 736 g/mol. The lowest BCUT2D eigenvalue weighted by Gasteiger charge is -2.26. The molecule has 1 saturated heterocycles. The van der Waals surface area contributed by atoms with Crippen molar-refractivity contribution >= 4 is 50.0 Å². The molecule has 2 N–H and O–H groups in total. The second-order valence-corrected chi connectivity index (χ2v) is 17.4. The third-order valence-electron chi connectivity index (χ3n) is 10.5. The standard InChI is InChI=1S/C37H45N5O7S2/c1-21(2)28-20-50-35(39-28)27-17-31(26-14-15-30(48-4)22(3)33(26)38-27)49-24-16-29-34(44)40-37(36(45)41-51(46,47)25-12-13-25)18-23(37)10-8-6-5-7-9-11-32(43)42(29)19-24/h8,10,14-15,17,20-21,23-25,29H,5-7,9,11-13,16,18-19H2,1-4H3,(H,40,44)(H,41,45)/b10-8-/t23-,24-,29+,37-/m1/s1. The van der Waals surface area contributed by atoms with Crippen LogP contribution < -0.4 is 19.5 Å². The molecule has 2 aromatic heterocycles. The molecule has 4 heterocycles. The number of nitrogens with zero attached hydrogens (tertiary/aromatic N) is 3. The second-order valence-electron chi connectivity index (χ2n) is 14.5. The number of nitrogens with one attached hydrogen (secondary N) is 2. The number of thiazole rings is 1. The Hall–Kier alpha value is -4.04. The van der Waals surface area contributed by atoms with Gasteiger partial charge in [-0.05, 0) is 63.5 Å². The molecule has 272 valence electrons. The van der Waals surface area contributed by atoms with E-state index in [1.54, 1.807) is 12.0 Å². The number of fused-ring (bicyclic) bond motifs is 3.